The lowest BCUT2D eigenvalue weighted by atomic mass is 10.1. The number of rotatable bonds is 3. The number of para-hydroxylation sites is 3. The van der Waals surface area contributed by atoms with E-state index in [-0.39, 0.29) is 6.17 Å². The molecule has 0 N–H and O–H groups in total. The first kappa shape index (κ1) is 15.5. The predicted octanol–water partition coefficient (Wildman–Crippen LogP) is 5.64. The molecule has 0 saturated heterocycles. The van der Waals surface area contributed by atoms with Crippen LogP contribution in [0.25, 0.3) is 11.0 Å². The molecule has 128 valence electrons. The summed E-state index contributed by atoms with van der Waals surface area (Å²) < 4.78 is 2.05. The zero-order valence-electron chi connectivity index (χ0n) is 14.4. The van der Waals surface area contributed by atoms with Crippen molar-refractivity contribution in [3.05, 3.63) is 72.8 Å². The lowest BCUT2D eigenvalue weighted by Gasteiger charge is -2.38. The molecule has 5 rings (SSSR count). The fourth-order valence-electron chi connectivity index (χ4n) is 3.63. The highest BCUT2D eigenvalue weighted by molar-refractivity contribution is 7.99. The van der Waals surface area contributed by atoms with Crippen LogP contribution in [0.1, 0.15) is 19.5 Å². The zero-order valence-corrected chi connectivity index (χ0v) is 15.2. The molecular formula is C21H18N4S. The van der Waals surface area contributed by atoms with Gasteiger partial charge in [-0.25, -0.2) is 4.68 Å². The second-order valence-electron chi connectivity index (χ2n) is 6.32. The van der Waals surface area contributed by atoms with Crippen LogP contribution in [0.3, 0.4) is 0 Å². The number of anilines is 2. The molecule has 26 heavy (non-hydrogen) atoms. The fraction of sp³-hybridized carbons (Fsp3) is 0.143. The molecule has 1 aliphatic rings. The van der Waals surface area contributed by atoms with E-state index in [1.54, 1.807) is 0 Å². The molecule has 0 aliphatic carbocycles. The van der Waals surface area contributed by atoms with Gasteiger partial charge in [0.15, 0.2) is 0 Å². The van der Waals surface area contributed by atoms with Crippen LogP contribution >= 0.6 is 11.8 Å². The molecule has 2 heterocycles. The molecule has 3 aromatic carbocycles. The van der Waals surface area contributed by atoms with Crippen molar-refractivity contribution in [3.63, 3.8) is 0 Å². The van der Waals surface area contributed by atoms with Gasteiger partial charge < -0.3 is 4.90 Å². The second kappa shape index (κ2) is 6.18. The third-order valence-electron chi connectivity index (χ3n) is 4.79. The standard InChI is InChI=1S/C21H18N4S/c1-2-21(25-16-10-4-3-9-15(16)22-23-25)24-17-11-5-7-13-19(17)26-20-14-8-6-12-18(20)24/h3-14,21H,2H2,1H3. The van der Waals surface area contributed by atoms with Gasteiger partial charge in [-0.1, -0.05) is 60.3 Å². The Morgan fingerprint density at radius 2 is 1.46 bits per heavy atom. The summed E-state index contributed by atoms with van der Waals surface area (Å²) in [5, 5.41) is 8.88. The predicted molar refractivity (Wildman–Crippen MR) is 106 cm³/mol. The summed E-state index contributed by atoms with van der Waals surface area (Å²) in [5.41, 5.74) is 4.44. The van der Waals surface area contributed by atoms with E-state index >= 15 is 0 Å². The van der Waals surface area contributed by atoms with Crippen molar-refractivity contribution in [3.8, 4) is 0 Å². The van der Waals surface area contributed by atoms with Crippen molar-refractivity contribution >= 4 is 34.2 Å². The lowest BCUT2D eigenvalue weighted by Crippen LogP contribution is -2.31. The minimum Gasteiger partial charge on any atom is -0.316 e. The van der Waals surface area contributed by atoms with Gasteiger partial charge in [-0.3, -0.25) is 0 Å². The van der Waals surface area contributed by atoms with E-state index in [2.05, 4.69) is 81.4 Å². The Morgan fingerprint density at radius 3 is 2.15 bits per heavy atom. The maximum Gasteiger partial charge on any atom is 0.129 e. The van der Waals surface area contributed by atoms with Gasteiger partial charge in [0.05, 0.1) is 16.9 Å². The molecular weight excluding hydrogens is 340 g/mol. The van der Waals surface area contributed by atoms with Gasteiger partial charge in [0, 0.05) is 9.79 Å². The van der Waals surface area contributed by atoms with Crippen molar-refractivity contribution in [2.75, 3.05) is 4.90 Å². The summed E-state index contributed by atoms with van der Waals surface area (Å²) in [6.45, 7) is 2.20. The zero-order chi connectivity index (χ0) is 17.5. The number of fused-ring (bicyclic) bond motifs is 3. The molecule has 1 atom stereocenters. The summed E-state index contributed by atoms with van der Waals surface area (Å²) in [4.78, 5) is 4.95. The smallest absolute Gasteiger partial charge is 0.129 e. The normalized spacial score (nSPS) is 14.1. The number of hydrogen-bond donors (Lipinski definition) is 0. The Kier molecular flexibility index (Phi) is 3.68. The summed E-state index contributed by atoms with van der Waals surface area (Å²) in [6, 6.07) is 25.3. The van der Waals surface area contributed by atoms with Crippen molar-refractivity contribution in [1.82, 2.24) is 15.0 Å². The van der Waals surface area contributed by atoms with Crippen LogP contribution < -0.4 is 4.90 Å². The first-order chi connectivity index (χ1) is 12.9. The highest BCUT2D eigenvalue weighted by Crippen LogP contribution is 2.50. The quantitative estimate of drug-likeness (QED) is 0.474. The topological polar surface area (TPSA) is 34.0 Å². The second-order valence-corrected chi connectivity index (χ2v) is 7.40. The summed E-state index contributed by atoms with van der Waals surface area (Å²) in [5.74, 6) is 0. The first-order valence-corrected chi connectivity index (χ1v) is 9.63. The van der Waals surface area contributed by atoms with Crippen molar-refractivity contribution in [2.24, 2.45) is 0 Å². The Bertz CT molecular complexity index is 1040. The van der Waals surface area contributed by atoms with Gasteiger partial charge in [0.2, 0.25) is 0 Å². The van der Waals surface area contributed by atoms with E-state index in [4.69, 9.17) is 0 Å². The Balaban J connectivity index is 1.73. The van der Waals surface area contributed by atoms with Crippen LogP contribution in [0.15, 0.2) is 82.6 Å². The third-order valence-corrected chi connectivity index (χ3v) is 5.92. The van der Waals surface area contributed by atoms with Crippen LogP contribution in [0.2, 0.25) is 0 Å². The Hall–Kier alpha value is -2.79. The van der Waals surface area contributed by atoms with Crippen LogP contribution in [0, 0.1) is 0 Å². The maximum absolute atomic E-state index is 4.51. The highest BCUT2D eigenvalue weighted by Gasteiger charge is 2.30. The SMILES string of the molecule is CCC(N1c2ccccc2Sc2ccccc21)n1nnc2ccccc21. The highest BCUT2D eigenvalue weighted by atomic mass is 32.2. The molecule has 0 bridgehead atoms. The van der Waals surface area contributed by atoms with Gasteiger partial charge >= 0.3 is 0 Å². The Morgan fingerprint density at radius 1 is 0.846 bits per heavy atom. The monoisotopic (exact) mass is 358 g/mol. The Labute approximate surface area is 156 Å². The van der Waals surface area contributed by atoms with Crippen molar-refractivity contribution in [2.45, 2.75) is 29.3 Å². The molecule has 0 fully saturated rings. The molecule has 4 aromatic rings. The minimum atomic E-state index is 0.0607. The fourth-order valence-corrected chi connectivity index (χ4v) is 4.70. The average Bonchev–Trinajstić information content (AvgIpc) is 3.12. The minimum absolute atomic E-state index is 0.0607. The van der Waals surface area contributed by atoms with Gasteiger partial charge in [-0.05, 0) is 42.8 Å². The van der Waals surface area contributed by atoms with Crippen molar-refractivity contribution in [1.29, 1.82) is 0 Å². The van der Waals surface area contributed by atoms with Gasteiger partial charge in [0.1, 0.15) is 11.7 Å². The summed E-state index contributed by atoms with van der Waals surface area (Å²) in [6.07, 6.45) is 0.978. The molecule has 1 unspecified atom stereocenters. The number of nitrogens with zero attached hydrogens (tertiary/aromatic N) is 4. The van der Waals surface area contributed by atoms with E-state index in [1.807, 2.05) is 30.0 Å². The van der Waals surface area contributed by atoms with Crippen molar-refractivity contribution < 1.29 is 0 Å². The third kappa shape index (κ3) is 2.31. The van der Waals surface area contributed by atoms with E-state index in [1.165, 1.54) is 21.2 Å². The number of hydrogen-bond acceptors (Lipinski definition) is 4. The lowest BCUT2D eigenvalue weighted by molar-refractivity contribution is 0.445. The van der Waals surface area contributed by atoms with E-state index in [0.717, 1.165) is 17.5 Å². The molecule has 4 nitrogen and oxygen atoms in total. The molecule has 0 spiro atoms. The van der Waals surface area contributed by atoms with Crippen LogP contribution in [-0.4, -0.2) is 15.0 Å². The van der Waals surface area contributed by atoms with Crippen LogP contribution in [0.4, 0.5) is 11.4 Å². The molecule has 0 amide bonds. The maximum atomic E-state index is 4.51. The number of aromatic nitrogens is 3. The van der Waals surface area contributed by atoms with E-state index in [0.29, 0.717) is 0 Å². The van der Waals surface area contributed by atoms with Crippen LogP contribution in [0.5, 0.6) is 0 Å². The summed E-state index contributed by atoms with van der Waals surface area (Å²) in [7, 11) is 0. The molecule has 0 saturated carbocycles. The molecule has 5 heteroatoms. The van der Waals surface area contributed by atoms with E-state index < -0.39 is 0 Å². The molecule has 1 aromatic heterocycles. The summed E-state index contributed by atoms with van der Waals surface area (Å²) >= 11 is 1.83. The molecule has 0 radical (unpaired) electrons. The average molecular weight is 358 g/mol. The largest absolute Gasteiger partial charge is 0.316 e. The van der Waals surface area contributed by atoms with Gasteiger partial charge in [-0.2, -0.15) is 0 Å². The van der Waals surface area contributed by atoms with Gasteiger partial charge in [-0.15, -0.1) is 5.10 Å². The van der Waals surface area contributed by atoms with E-state index in [9.17, 15) is 0 Å². The van der Waals surface area contributed by atoms with Gasteiger partial charge in [0.25, 0.3) is 0 Å². The van der Waals surface area contributed by atoms with Crippen LogP contribution in [-0.2, 0) is 0 Å². The first-order valence-electron chi connectivity index (χ1n) is 8.82. The number of benzene rings is 3. The molecule has 1 aliphatic heterocycles.